The van der Waals surface area contributed by atoms with Crippen LogP contribution in [0, 0.1) is 20.8 Å². The van der Waals surface area contributed by atoms with E-state index in [4.69, 9.17) is 39.6 Å². The van der Waals surface area contributed by atoms with E-state index < -0.39 is 23.9 Å². The topological polar surface area (TPSA) is 183 Å². The fourth-order valence-corrected chi connectivity index (χ4v) is 3.15. The van der Waals surface area contributed by atoms with Gasteiger partial charge in [-0.3, -0.25) is 4.79 Å². The molecule has 0 spiro atoms. The summed E-state index contributed by atoms with van der Waals surface area (Å²) in [6.45, 7) is 7.17. The van der Waals surface area contributed by atoms with E-state index in [0.717, 1.165) is 22.6 Å². The van der Waals surface area contributed by atoms with Crippen LogP contribution in [0.3, 0.4) is 0 Å². The molecular weight excluding hydrogens is 484 g/mol. The Hall–Kier alpha value is -4.77. The maximum absolute atomic E-state index is 12.6. The van der Waals surface area contributed by atoms with Gasteiger partial charge in [-0.25, -0.2) is 19.2 Å². The Morgan fingerprint density at radius 1 is 0.730 bits per heavy atom. The molecular formula is C26H28N2O9. The Morgan fingerprint density at radius 3 is 1.68 bits per heavy atom. The van der Waals surface area contributed by atoms with Gasteiger partial charge in [-0.05, 0) is 44.5 Å². The zero-order chi connectivity index (χ0) is 28.1. The third-order valence-corrected chi connectivity index (χ3v) is 4.85. The number of benzene rings is 2. The highest BCUT2D eigenvalue weighted by molar-refractivity contribution is 6.27. The summed E-state index contributed by atoms with van der Waals surface area (Å²) >= 11 is 0. The van der Waals surface area contributed by atoms with Crippen LogP contribution in [0.4, 0.5) is 0 Å². The number of carbonyl (C=O) groups excluding carboxylic acids is 1. The zero-order valence-corrected chi connectivity index (χ0v) is 20.5. The van der Waals surface area contributed by atoms with Crippen LogP contribution >= 0.6 is 0 Å². The van der Waals surface area contributed by atoms with E-state index >= 15 is 0 Å². The summed E-state index contributed by atoms with van der Waals surface area (Å²) in [6, 6.07) is 20.5. The maximum Gasteiger partial charge on any atom is 0.414 e. The number of aliphatic carboxylic acids is 4. The second kappa shape index (κ2) is 14.6. The molecule has 0 saturated heterocycles. The van der Waals surface area contributed by atoms with Crippen LogP contribution in [0.1, 0.15) is 32.9 Å². The van der Waals surface area contributed by atoms with Crippen molar-refractivity contribution in [2.75, 3.05) is 6.54 Å². The lowest BCUT2D eigenvalue weighted by atomic mass is 10.1. The summed E-state index contributed by atoms with van der Waals surface area (Å²) < 4.78 is 2.14. The number of hydrogen-bond acceptors (Lipinski definition) is 6. The number of carbonyl (C=O) groups is 5. The quantitative estimate of drug-likeness (QED) is 0.243. The van der Waals surface area contributed by atoms with Crippen molar-refractivity contribution in [3.63, 3.8) is 0 Å². The van der Waals surface area contributed by atoms with E-state index in [0.29, 0.717) is 13.1 Å². The number of aromatic nitrogens is 1. The van der Waals surface area contributed by atoms with Gasteiger partial charge < -0.3 is 30.3 Å². The van der Waals surface area contributed by atoms with Crippen molar-refractivity contribution in [3.8, 4) is 5.69 Å². The maximum atomic E-state index is 12.6. The molecule has 3 rings (SSSR count). The minimum atomic E-state index is -1.82. The Kier molecular flexibility index (Phi) is 11.9. The molecule has 0 aliphatic rings. The number of Topliss-reactive ketones (excluding diaryl/α,β-unsaturated/α-hetero) is 1. The molecule has 0 aliphatic carbocycles. The van der Waals surface area contributed by atoms with Gasteiger partial charge in [-0.15, -0.1) is 0 Å². The molecule has 5 N–H and O–H groups in total. The van der Waals surface area contributed by atoms with Crippen LogP contribution in [-0.4, -0.2) is 61.2 Å². The van der Waals surface area contributed by atoms with E-state index in [1.807, 2.05) is 38.1 Å². The van der Waals surface area contributed by atoms with Crippen molar-refractivity contribution < 1.29 is 44.4 Å². The molecule has 2 aromatic carbocycles. The van der Waals surface area contributed by atoms with Gasteiger partial charge in [-0.1, -0.05) is 48.0 Å². The SMILES string of the molecule is Cc1ccc(-n2c(C)cc(C(=O)CNCc3ccccc3)c2C)cc1.O=C(O)C(=O)O.O=C(O)C(=O)O. The highest BCUT2D eigenvalue weighted by Gasteiger charge is 2.16. The van der Waals surface area contributed by atoms with E-state index in [1.54, 1.807) is 0 Å². The lowest BCUT2D eigenvalue weighted by molar-refractivity contribution is -0.159. The summed E-state index contributed by atoms with van der Waals surface area (Å²) in [4.78, 5) is 49.0. The molecule has 0 amide bonds. The lowest BCUT2D eigenvalue weighted by Crippen LogP contribution is -2.23. The monoisotopic (exact) mass is 512 g/mol. The Bertz CT molecular complexity index is 1200. The average Bonchev–Trinajstić information content (AvgIpc) is 3.15. The Balaban J connectivity index is 0.000000476. The highest BCUT2D eigenvalue weighted by Crippen LogP contribution is 2.21. The lowest BCUT2D eigenvalue weighted by Gasteiger charge is -2.10. The molecule has 37 heavy (non-hydrogen) atoms. The molecule has 196 valence electrons. The minimum Gasteiger partial charge on any atom is -0.473 e. The standard InChI is InChI=1S/C22H24N2O.2C2H2O4/c1-16-9-11-20(12-10-16)24-17(2)13-21(18(24)3)22(25)15-23-14-19-7-5-4-6-8-19;2*3-1(4)2(5)6/h4-13,23H,14-15H2,1-3H3;2*(H,3,4)(H,5,6). The normalized spacial score (nSPS) is 9.70. The number of nitrogens with one attached hydrogen (secondary N) is 1. The third-order valence-electron chi connectivity index (χ3n) is 4.85. The molecule has 11 nitrogen and oxygen atoms in total. The molecule has 1 aromatic heterocycles. The van der Waals surface area contributed by atoms with Gasteiger partial charge in [0.15, 0.2) is 5.78 Å². The first-order valence-electron chi connectivity index (χ1n) is 10.8. The summed E-state index contributed by atoms with van der Waals surface area (Å²) in [5.74, 6) is -7.17. The van der Waals surface area contributed by atoms with E-state index in [1.165, 1.54) is 11.1 Å². The van der Waals surface area contributed by atoms with E-state index in [-0.39, 0.29) is 5.78 Å². The van der Waals surface area contributed by atoms with Crippen LogP contribution in [0.2, 0.25) is 0 Å². The number of hydrogen-bond donors (Lipinski definition) is 5. The molecule has 0 radical (unpaired) electrons. The molecule has 0 aliphatic heterocycles. The van der Waals surface area contributed by atoms with Crippen molar-refractivity contribution in [2.45, 2.75) is 27.3 Å². The predicted octanol–water partition coefficient (Wildman–Crippen LogP) is 2.69. The van der Waals surface area contributed by atoms with Crippen molar-refractivity contribution >= 4 is 29.7 Å². The summed E-state index contributed by atoms with van der Waals surface area (Å²) in [7, 11) is 0. The molecule has 0 saturated carbocycles. The third kappa shape index (κ3) is 10.2. The molecule has 11 heteroatoms. The molecule has 0 unspecified atom stereocenters. The fourth-order valence-electron chi connectivity index (χ4n) is 3.15. The number of carboxylic acids is 4. The molecule has 1 heterocycles. The predicted molar refractivity (Wildman–Crippen MR) is 133 cm³/mol. The first kappa shape index (κ1) is 30.3. The van der Waals surface area contributed by atoms with E-state index in [2.05, 4.69) is 53.2 Å². The van der Waals surface area contributed by atoms with E-state index in [9.17, 15) is 4.79 Å². The molecule has 0 atom stereocenters. The number of aryl methyl sites for hydroxylation is 2. The van der Waals surface area contributed by atoms with Gasteiger partial charge in [0.2, 0.25) is 0 Å². The van der Waals surface area contributed by atoms with Crippen molar-refractivity contribution in [2.24, 2.45) is 0 Å². The Morgan fingerprint density at radius 2 is 1.22 bits per heavy atom. The number of rotatable bonds is 6. The molecule has 0 bridgehead atoms. The Labute approximate surface area is 212 Å². The van der Waals surface area contributed by atoms with Crippen LogP contribution in [0.25, 0.3) is 5.69 Å². The minimum absolute atomic E-state index is 0.127. The summed E-state index contributed by atoms with van der Waals surface area (Å²) in [5, 5.41) is 32.8. The van der Waals surface area contributed by atoms with Gasteiger partial charge in [0.1, 0.15) is 0 Å². The first-order chi connectivity index (χ1) is 17.3. The fraction of sp³-hybridized carbons (Fsp3) is 0.192. The van der Waals surface area contributed by atoms with Crippen LogP contribution in [0.5, 0.6) is 0 Å². The van der Waals surface area contributed by atoms with Crippen LogP contribution in [0.15, 0.2) is 60.7 Å². The largest absolute Gasteiger partial charge is 0.473 e. The second-order valence-electron chi connectivity index (χ2n) is 7.69. The average molecular weight is 513 g/mol. The van der Waals surface area contributed by atoms with Crippen molar-refractivity contribution in [1.29, 1.82) is 0 Å². The highest BCUT2D eigenvalue weighted by atomic mass is 16.4. The van der Waals surface area contributed by atoms with Gasteiger partial charge >= 0.3 is 23.9 Å². The number of nitrogens with zero attached hydrogens (tertiary/aromatic N) is 1. The zero-order valence-electron chi connectivity index (χ0n) is 20.5. The van der Waals surface area contributed by atoms with Gasteiger partial charge in [0.25, 0.3) is 0 Å². The van der Waals surface area contributed by atoms with Crippen molar-refractivity contribution in [3.05, 3.63) is 88.7 Å². The smallest absolute Gasteiger partial charge is 0.414 e. The first-order valence-corrected chi connectivity index (χ1v) is 10.8. The summed E-state index contributed by atoms with van der Waals surface area (Å²) in [6.07, 6.45) is 0. The molecule has 3 aromatic rings. The van der Waals surface area contributed by atoms with Crippen LogP contribution < -0.4 is 5.32 Å². The molecule has 0 fully saturated rings. The van der Waals surface area contributed by atoms with Crippen LogP contribution in [-0.2, 0) is 25.7 Å². The van der Waals surface area contributed by atoms with Gasteiger partial charge in [-0.2, -0.15) is 0 Å². The summed E-state index contributed by atoms with van der Waals surface area (Å²) in [5.41, 5.74) is 6.37. The van der Waals surface area contributed by atoms with Crippen molar-refractivity contribution in [1.82, 2.24) is 9.88 Å². The van der Waals surface area contributed by atoms with Gasteiger partial charge in [0.05, 0.1) is 6.54 Å². The second-order valence-corrected chi connectivity index (χ2v) is 7.69. The number of carboxylic acid groups (broad SMARTS) is 4. The number of ketones is 1. The van der Waals surface area contributed by atoms with Gasteiger partial charge in [0, 0.05) is 29.2 Å².